The smallest absolute Gasteiger partial charge is 0.254 e. The summed E-state index contributed by atoms with van der Waals surface area (Å²) in [4.78, 5) is 0.00672. The van der Waals surface area contributed by atoms with Crippen molar-refractivity contribution in [2.45, 2.75) is 115 Å². The molecule has 0 saturated carbocycles. The first kappa shape index (κ1) is 26.0. The van der Waals surface area contributed by atoms with E-state index in [1.807, 2.05) is 0 Å². The Hall–Kier alpha value is -1.07. The molecule has 0 spiro atoms. The zero-order valence-corrected chi connectivity index (χ0v) is 19.3. The SMILES string of the molecule is CCCCCCCCCCCCCCCCCCOc1ccc(S([NH])(=O)=O)cc1. The predicted octanol–water partition coefficient (Wildman–Crippen LogP) is 7.30. The van der Waals surface area contributed by atoms with Crippen LogP contribution in [0.3, 0.4) is 0 Å². The molecular weight excluding hydrogens is 382 g/mol. The monoisotopic (exact) mass is 424 g/mol. The Morgan fingerprint density at radius 1 is 0.655 bits per heavy atom. The van der Waals surface area contributed by atoms with Gasteiger partial charge >= 0.3 is 0 Å². The summed E-state index contributed by atoms with van der Waals surface area (Å²) in [6.07, 6.45) is 21.6. The van der Waals surface area contributed by atoms with Gasteiger partial charge in [-0.1, -0.05) is 103 Å². The van der Waals surface area contributed by atoms with Crippen LogP contribution in [0.4, 0.5) is 0 Å². The molecule has 0 atom stereocenters. The van der Waals surface area contributed by atoms with Crippen LogP contribution in [0.15, 0.2) is 29.2 Å². The van der Waals surface area contributed by atoms with Crippen LogP contribution >= 0.6 is 0 Å². The van der Waals surface area contributed by atoms with E-state index in [1.54, 1.807) is 12.1 Å². The van der Waals surface area contributed by atoms with Gasteiger partial charge in [-0.3, -0.25) is 0 Å². The molecule has 1 rings (SSSR count). The van der Waals surface area contributed by atoms with E-state index < -0.39 is 10.0 Å². The number of hydrogen-bond acceptors (Lipinski definition) is 3. The second kappa shape index (κ2) is 16.7. The number of sulfonamides is 1. The number of benzene rings is 1. The number of hydrogen-bond donors (Lipinski definition) is 0. The van der Waals surface area contributed by atoms with Crippen LogP contribution < -0.4 is 9.88 Å². The third-order valence-electron chi connectivity index (χ3n) is 5.40. The highest BCUT2D eigenvalue weighted by molar-refractivity contribution is 7.88. The number of nitrogens with one attached hydrogen (secondary N) is 1. The van der Waals surface area contributed by atoms with Crippen LogP contribution in [0.1, 0.15) is 110 Å². The van der Waals surface area contributed by atoms with Gasteiger partial charge in [-0.15, -0.1) is 5.14 Å². The van der Waals surface area contributed by atoms with Crippen molar-refractivity contribution in [1.82, 2.24) is 5.14 Å². The average molecular weight is 425 g/mol. The Morgan fingerprint density at radius 2 is 1.03 bits per heavy atom. The molecule has 167 valence electrons. The lowest BCUT2D eigenvalue weighted by Crippen LogP contribution is -2.01. The molecule has 0 heterocycles. The summed E-state index contributed by atoms with van der Waals surface area (Å²) in [7, 11) is -3.88. The van der Waals surface area contributed by atoms with E-state index in [2.05, 4.69) is 6.92 Å². The van der Waals surface area contributed by atoms with E-state index in [0.29, 0.717) is 12.4 Å². The maximum atomic E-state index is 11.1. The van der Waals surface area contributed by atoms with Gasteiger partial charge in [0.25, 0.3) is 10.0 Å². The van der Waals surface area contributed by atoms with Gasteiger partial charge in [0.1, 0.15) is 5.75 Å². The van der Waals surface area contributed by atoms with Crippen LogP contribution in [0.2, 0.25) is 0 Å². The molecule has 1 aromatic rings. The van der Waals surface area contributed by atoms with Crippen LogP contribution in [0.5, 0.6) is 5.75 Å². The fraction of sp³-hybridized carbons (Fsp3) is 0.750. The van der Waals surface area contributed by atoms with Gasteiger partial charge in [0.05, 0.1) is 11.5 Å². The van der Waals surface area contributed by atoms with Crippen LogP contribution in [0.25, 0.3) is 0 Å². The summed E-state index contributed by atoms with van der Waals surface area (Å²) in [6, 6.07) is 6.08. The van der Waals surface area contributed by atoms with Gasteiger partial charge in [0.2, 0.25) is 0 Å². The number of ether oxygens (including phenoxy) is 1. The van der Waals surface area contributed by atoms with Crippen molar-refractivity contribution in [3.8, 4) is 5.75 Å². The quantitative estimate of drug-likeness (QED) is 0.219. The molecule has 0 aliphatic heterocycles. The normalized spacial score (nSPS) is 11.7. The Morgan fingerprint density at radius 3 is 1.41 bits per heavy atom. The maximum Gasteiger partial charge on any atom is 0.254 e. The molecule has 1 N–H and O–H groups in total. The second-order valence-electron chi connectivity index (χ2n) is 8.13. The molecule has 29 heavy (non-hydrogen) atoms. The first-order chi connectivity index (χ1) is 14.0. The van der Waals surface area contributed by atoms with Crippen molar-refractivity contribution in [2.24, 2.45) is 0 Å². The van der Waals surface area contributed by atoms with Crippen molar-refractivity contribution in [3.63, 3.8) is 0 Å². The molecule has 0 bridgehead atoms. The molecule has 5 heteroatoms. The molecule has 4 nitrogen and oxygen atoms in total. The first-order valence-electron chi connectivity index (χ1n) is 11.8. The molecule has 0 saturated heterocycles. The summed E-state index contributed by atoms with van der Waals surface area (Å²) < 4.78 is 27.8. The van der Waals surface area contributed by atoms with E-state index in [0.717, 1.165) is 6.42 Å². The molecule has 0 aliphatic carbocycles. The lowest BCUT2D eigenvalue weighted by atomic mass is 10.0. The second-order valence-corrected chi connectivity index (χ2v) is 9.60. The summed E-state index contributed by atoms with van der Waals surface area (Å²) in [5, 5.41) is 7.01. The third kappa shape index (κ3) is 14.5. The van der Waals surface area contributed by atoms with Crippen molar-refractivity contribution < 1.29 is 13.2 Å². The van der Waals surface area contributed by atoms with Gasteiger partial charge in [-0.25, -0.2) is 8.42 Å². The minimum Gasteiger partial charge on any atom is -0.494 e. The Kier molecular flexibility index (Phi) is 15.0. The highest BCUT2D eigenvalue weighted by Crippen LogP contribution is 2.17. The minimum absolute atomic E-state index is 0.00672. The van der Waals surface area contributed by atoms with E-state index in [4.69, 9.17) is 9.88 Å². The van der Waals surface area contributed by atoms with Crippen LogP contribution in [0, 0.1) is 0 Å². The zero-order valence-electron chi connectivity index (χ0n) is 18.5. The predicted molar refractivity (Wildman–Crippen MR) is 122 cm³/mol. The fourth-order valence-corrected chi connectivity index (χ4v) is 4.05. The molecule has 0 unspecified atom stereocenters. The highest BCUT2D eigenvalue weighted by Gasteiger charge is 2.07. The fourth-order valence-electron chi connectivity index (χ4n) is 3.56. The van der Waals surface area contributed by atoms with Gasteiger partial charge in [-0.05, 0) is 30.7 Å². The third-order valence-corrected chi connectivity index (χ3v) is 6.29. The van der Waals surface area contributed by atoms with E-state index in [9.17, 15) is 8.42 Å². The molecule has 1 radical (unpaired) electrons. The van der Waals surface area contributed by atoms with Gasteiger partial charge in [-0.2, -0.15) is 0 Å². The molecular formula is C24H42NO3S. The van der Waals surface area contributed by atoms with E-state index in [1.165, 1.54) is 108 Å². The topological polar surface area (TPSA) is 67.2 Å². The lowest BCUT2D eigenvalue weighted by Gasteiger charge is -2.07. The molecule has 0 amide bonds. The lowest BCUT2D eigenvalue weighted by molar-refractivity contribution is 0.304. The standard InChI is InChI=1S/C24H42NO3S/c1-2-3-4-5-6-7-8-9-10-11-12-13-14-15-16-17-22-28-23-18-20-24(21-19-23)29(25,26)27/h18-21,25H,2-17,22H2,1H3. The summed E-state index contributed by atoms with van der Waals surface area (Å²) in [5.41, 5.74) is 0. The van der Waals surface area contributed by atoms with Crippen LogP contribution in [-0.4, -0.2) is 15.0 Å². The zero-order chi connectivity index (χ0) is 21.2. The largest absolute Gasteiger partial charge is 0.494 e. The number of rotatable bonds is 19. The van der Waals surface area contributed by atoms with Gasteiger partial charge in [0.15, 0.2) is 0 Å². The highest BCUT2D eigenvalue weighted by atomic mass is 32.2. The summed E-state index contributed by atoms with van der Waals surface area (Å²) >= 11 is 0. The Bertz CT molecular complexity index is 599. The van der Waals surface area contributed by atoms with E-state index >= 15 is 0 Å². The Labute approximate surface area is 179 Å². The first-order valence-corrected chi connectivity index (χ1v) is 13.2. The van der Waals surface area contributed by atoms with Gasteiger partial charge < -0.3 is 4.74 Å². The number of unbranched alkanes of at least 4 members (excludes halogenated alkanes) is 15. The summed E-state index contributed by atoms with van der Waals surface area (Å²) in [6.45, 7) is 2.93. The minimum atomic E-state index is -3.88. The van der Waals surface area contributed by atoms with Crippen molar-refractivity contribution in [1.29, 1.82) is 0 Å². The molecule has 1 aromatic carbocycles. The molecule has 0 aromatic heterocycles. The molecule has 0 fully saturated rings. The Balaban J connectivity index is 1.83. The average Bonchev–Trinajstić information content (AvgIpc) is 2.70. The van der Waals surface area contributed by atoms with Crippen molar-refractivity contribution in [3.05, 3.63) is 24.3 Å². The van der Waals surface area contributed by atoms with E-state index in [-0.39, 0.29) is 4.90 Å². The molecule has 0 aliphatic rings. The van der Waals surface area contributed by atoms with Gasteiger partial charge in [0, 0.05) is 0 Å². The van der Waals surface area contributed by atoms with Crippen LogP contribution in [-0.2, 0) is 10.0 Å². The maximum absolute atomic E-state index is 11.1. The van der Waals surface area contributed by atoms with Crippen molar-refractivity contribution >= 4 is 10.0 Å². The van der Waals surface area contributed by atoms with Crippen molar-refractivity contribution in [2.75, 3.05) is 6.61 Å². The summed E-state index contributed by atoms with van der Waals surface area (Å²) in [5.74, 6) is 0.665.